The van der Waals surface area contributed by atoms with Crippen LogP contribution < -0.4 is 5.43 Å². The molecule has 1 amide bonds. The van der Waals surface area contributed by atoms with Gasteiger partial charge in [-0.05, 0) is 17.7 Å². The van der Waals surface area contributed by atoms with Gasteiger partial charge in [0.2, 0.25) is 0 Å². The van der Waals surface area contributed by atoms with Crippen molar-refractivity contribution in [2.45, 2.75) is 13.2 Å². The minimum Gasteiger partial charge on any atom is -0.443 e. The zero-order valence-electron chi connectivity index (χ0n) is 10.9. The second kappa shape index (κ2) is 5.52. The SMILES string of the molecule is O=C(NN1C=Cn2cccc2C1)OCc1ccccc1. The lowest BCUT2D eigenvalue weighted by molar-refractivity contribution is 0.112. The van der Waals surface area contributed by atoms with Crippen LogP contribution in [-0.2, 0) is 17.9 Å². The Kier molecular flexibility index (Phi) is 3.41. The first-order valence-corrected chi connectivity index (χ1v) is 6.39. The van der Waals surface area contributed by atoms with E-state index in [4.69, 9.17) is 4.74 Å². The van der Waals surface area contributed by atoms with Crippen molar-refractivity contribution < 1.29 is 9.53 Å². The van der Waals surface area contributed by atoms with Crippen LogP contribution in [-0.4, -0.2) is 15.7 Å². The lowest BCUT2D eigenvalue weighted by atomic mass is 10.2. The summed E-state index contributed by atoms with van der Waals surface area (Å²) in [5.74, 6) is 0. The molecule has 0 saturated heterocycles. The number of ether oxygens (including phenoxy) is 1. The van der Waals surface area contributed by atoms with E-state index in [0.29, 0.717) is 6.54 Å². The van der Waals surface area contributed by atoms with Crippen LogP contribution in [0.4, 0.5) is 4.79 Å². The molecule has 0 aliphatic carbocycles. The molecule has 2 heterocycles. The summed E-state index contributed by atoms with van der Waals surface area (Å²) in [6, 6.07) is 13.6. The summed E-state index contributed by atoms with van der Waals surface area (Å²) in [5, 5.41) is 1.70. The number of carbonyl (C=O) groups is 1. The van der Waals surface area contributed by atoms with Gasteiger partial charge in [-0.3, -0.25) is 5.01 Å². The Morgan fingerprint density at radius 1 is 1.15 bits per heavy atom. The molecule has 0 atom stereocenters. The molecule has 20 heavy (non-hydrogen) atoms. The summed E-state index contributed by atoms with van der Waals surface area (Å²) in [6.45, 7) is 0.880. The number of carbonyl (C=O) groups excluding carboxylic acids is 1. The highest BCUT2D eigenvalue weighted by atomic mass is 16.6. The van der Waals surface area contributed by atoms with Crippen molar-refractivity contribution in [2.24, 2.45) is 0 Å². The third-order valence-electron chi connectivity index (χ3n) is 3.05. The van der Waals surface area contributed by atoms with Crippen molar-refractivity contribution in [2.75, 3.05) is 0 Å². The molecule has 3 rings (SSSR count). The second-order valence-corrected chi connectivity index (χ2v) is 4.51. The lowest BCUT2D eigenvalue weighted by Gasteiger charge is -2.24. The normalized spacial score (nSPS) is 12.9. The van der Waals surface area contributed by atoms with Crippen LogP contribution in [0.2, 0.25) is 0 Å². The summed E-state index contributed by atoms with van der Waals surface area (Å²) in [4.78, 5) is 11.7. The topological polar surface area (TPSA) is 46.5 Å². The van der Waals surface area contributed by atoms with Gasteiger partial charge in [0.1, 0.15) is 6.61 Å². The summed E-state index contributed by atoms with van der Waals surface area (Å²) in [7, 11) is 0. The Bertz CT molecular complexity index is 619. The highest BCUT2D eigenvalue weighted by Crippen LogP contribution is 2.11. The Morgan fingerprint density at radius 3 is 2.85 bits per heavy atom. The number of rotatable bonds is 3. The van der Waals surface area contributed by atoms with E-state index in [9.17, 15) is 4.79 Å². The highest BCUT2D eigenvalue weighted by molar-refractivity contribution is 5.66. The first-order chi connectivity index (χ1) is 9.81. The molecule has 1 N–H and O–H groups in total. The maximum Gasteiger partial charge on any atom is 0.426 e. The number of hydrogen-bond donors (Lipinski definition) is 1. The second-order valence-electron chi connectivity index (χ2n) is 4.51. The van der Waals surface area contributed by atoms with Gasteiger partial charge in [0, 0.05) is 24.3 Å². The summed E-state index contributed by atoms with van der Waals surface area (Å²) in [5.41, 5.74) is 4.76. The van der Waals surface area contributed by atoms with E-state index in [1.54, 1.807) is 11.2 Å². The minimum atomic E-state index is -0.460. The van der Waals surface area contributed by atoms with Crippen molar-refractivity contribution in [3.8, 4) is 0 Å². The third kappa shape index (κ3) is 2.83. The van der Waals surface area contributed by atoms with Gasteiger partial charge in [-0.25, -0.2) is 10.2 Å². The first-order valence-electron chi connectivity index (χ1n) is 6.39. The molecular weight excluding hydrogens is 254 g/mol. The molecule has 102 valence electrons. The van der Waals surface area contributed by atoms with Gasteiger partial charge in [-0.15, -0.1) is 0 Å². The van der Waals surface area contributed by atoms with Crippen LogP contribution in [0.25, 0.3) is 6.20 Å². The molecule has 0 bridgehead atoms. The molecule has 0 unspecified atom stereocenters. The van der Waals surface area contributed by atoms with Gasteiger partial charge in [0.15, 0.2) is 0 Å². The van der Waals surface area contributed by atoms with Crippen molar-refractivity contribution in [3.63, 3.8) is 0 Å². The van der Waals surface area contributed by atoms with Crippen LogP contribution in [0.15, 0.2) is 54.9 Å². The zero-order chi connectivity index (χ0) is 13.8. The quantitative estimate of drug-likeness (QED) is 0.931. The van der Waals surface area contributed by atoms with Crippen LogP contribution in [0, 0.1) is 0 Å². The molecule has 1 aromatic heterocycles. The Hall–Kier alpha value is -2.69. The van der Waals surface area contributed by atoms with Crippen LogP contribution in [0.5, 0.6) is 0 Å². The average molecular weight is 269 g/mol. The number of hydrogen-bond acceptors (Lipinski definition) is 3. The Balaban J connectivity index is 1.50. The molecule has 0 radical (unpaired) electrons. The van der Waals surface area contributed by atoms with Crippen molar-refractivity contribution in [1.29, 1.82) is 0 Å². The van der Waals surface area contributed by atoms with Gasteiger partial charge in [-0.1, -0.05) is 30.3 Å². The van der Waals surface area contributed by atoms with Gasteiger partial charge in [-0.2, -0.15) is 0 Å². The summed E-state index contributed by atoms with van der Waals surface area (Å²) in [6.07, 6.45) is 5.20. The van der Waals surface area contributed by atoms with Crippen molar-refractivity contribution >= 4 is 12.3 Å². The molecule has 0 spiro atoms. The van der Waals surface area contributed by atoms with E-state index in [0.717, 1.165) is 11.3 Å². The first kappa shape index (κ1) is 12.3. The maximum absolute atomic E-state index is 11.7. The van der Waals surface area contributed by atoms with E-state index in [1.165, 1.54) is 0 Å². The van der Waals surface area contributed by atoms with E-state index in [2.05, 4.69) is 5.43 Å². The number of benzene rings is 1. The molecule has 1 aliphatic heterocycles. The van der Waals surface area contributed by atoms with Gasteiger partial charge in [0.05, 0.1) is 6.54 Å². The molecular formula is C15H15N3O2. The molecule has 1 aliphatic rings. The Labute approximate surface area is 117 Å². The van der Waals surface area contributed by atoms with Crippen molar-refractivity contribution in [1.82, 2.24) is 15.0 Å². The predicted octanol–water partition coefficient (Wildman–Crippen LogP) is 2.57. The number of nitrogens with one attached hydrogen (secondary N) is 1. The van der Waals surface area contributed by atoms with Crippen molar-refractivity contribution in [3.05, 3.63) is 66.1 Å². The summed E-state index contributed by atoms with van der Waals surface area (Å²) >= 11 is 0. The molecule has 0 fully saturated rings. The smallest absolute Gasteiger partial charge is 0.426 e. The largest absolute Gasteiger partial charge is 0.443 e. The third-order valence-corrected chi connectivity index (χ3v) is 3.05. The molecule has 5 heteroatoms. The highest BCUT2D eigenvalue weighted by Gasteiger charge is 2.12. The van der Waals surface area contributed by atoms with Crippen LogP contribution in [0.3, 0.4) is 0 Å². The molecule has 2 aromatic rings. The van der Waals surface area contributed by atoms with Gasteiger partial charge >= 0.3 is 6.09 Å². The fourth-order valence-corrected chi connectivity index (χ4v) is 2.04. The fourth-order valence-electron chi connectivity index (χ4n) is 2.04. The van der Waals surface area contributed by atoms with E-state index in [1.807, 2.05) is 59.4 Å². The van der Waals surface area contributed by atoms with Crippen LogP contribution in [0.1, 0.15) is 11.3 Å². The lowest BCUT2D eigenvalue weighted by Crippen LogP contribution is -2.39. The zero-order valence-corrected chi connectivity index (χ0v) is 10.9. The predicted molar refractivity (Wildman–Crippen MR) is 75.1 cm³/mol. The van der Waals surface area contributed by atoms with E-state index in [-0.39, 0.29) is 6.61 Å². The average Bonchev–Trinajstić information content (AvgIpc) is 2.94. The number of amides is 1. The number of nitrogens with zero attached hydrogens (tertiary/aromatic N) is 2. The number of fused-ring (bicyclic) bond motifs is 1. The monoisotopic (exact) mass is 269 g/mol. The Morgan fingerprint density at radius 2 is 2.00 bits per heavy atom. The van der Waals surface area contributed by atoms with Crippen LogP contribution >= 0.6 is 0 Å². The molecule has 1 aromatic carbocycles. The van der Waals surface area contributed by atoms with E-state index >= 15 is 0 Å². The molecule has 0 saturated carbocycles. The van der Waals surface area contributed by atoms with Gasteiger partial charge < -0.3 is 9.30 Å². The standard InChI is InChI=1S/C15H15N3O2/c19-15(20-12-13-5-2-1-3-6-13)16-18-10-9-17-8-4-7-14(17)11-18/h1-10H,11-12H2,(H,16,19). The fraction of sp³-hybridized carbons (Fsp3) is 0.133. The van der Waals surface area contributed by atoms with Gasteiger partial charge in [0.25, 0.3) is 0 Å². The summed E-state index contributed by atoms with van der Waals surface area (Å²) < 4.78 is 7.18. The molecule has 5 nitrogen and oxygen atoms in total. The minimum absolute atomic E-state index is 0.264. The van der Waals surface area contributed by atoms with E-state index < -0.39 is 6.09 Å². The number of aromatic nitrogens is 1. The maximum atomic E-state index is 11.7. The number of hydrazine groups is 1.